The maximum Gasteiger partial charge on any atom is 0.439 e. The number of benzene rings is 3. The number of nitrogens with zero attached hydrogens (tertiary/aromatic N) is 3. The lowest BCUT2D eigenvalue weighted by molar-refractivity contribution is 0.135. The maximum absolute atomic E-state index is 14.2. The van der Waals surface area contributed by atoms with Crippen LogP contribution in [-0.4, -0.2) is 25.3 Å². The molecule has 220 valence electrons. The Bertz CT molecular complexity index is 1900. The summed E-state index contributed by atoms with van der Waals surface area (Å²) in [5.74, 6) is 1.75. The molecule has 0 spiro atoms. The highest BCUT2D eigenvalue weighted by molar-refractivity contribution is 5.80. The summed E-state index contributed by atoms with van der Waals surface area (Å²) < 4.78 is 19.1. The van der Waals surface area contributed by atoms with Crippen molar-refractivity contribution in [3.8, 4) is 39.8 Å². The smallest absolute Gasteiger partial charge is 0.439 e. The van der Waals surface area contributed by atoms with E-state index in [0.717, 1.165) is 35.1 Å². The van der Waals surface area contributed by atoms with E-state index >= 15 is 0 Å². The number of ether oxygens (including phenoxy) is 2. The van der Waals surface area contributed by atoms with Crippen LogP contribution in [0, 0.1) is 0 Å². The van der Waals surface area contributed by atoms with Gasteiger partial charge in [0.1, 0.15) is 11.4 Å². The molecule has 3 aromatic carbocycles. The van der Waals surface area contributed by atoms with Gasteiger partial charge in [0.25, 0.3) is 5.56 Å². The van der Waals surface area contributed by atoms with Crippen LogP contribution in [0.1, 0.15) is 56.8 Å². The number of hydrogen-bond donors (Lipinski definition) is 1. The number of H-pyrrole nitrogens is 1. The lowest BCUT2D eigenvalue weighted by Crippen LogP contribution is -2.28. The molecule has 0 saturated carbocycles. The largest absolute Gasteiger partial charge is 0.483 e. The van der Waals surface area contributed by atoms with Crippen LogP contribution >= 0.6 is 0 Å². The second-order valence-electron chi connectivity index (χ2n) is 11.4. The Morgan fingerprint density at radius 1 is 1.00 bits per heavy atom. The first-order chi connectivity index (χ1) is 20.8. The van der Waals surface area contributed by atoms with Gasteiger partial charge in [-0.15, -0.1) is 0 Å². The van der Waals surface area contributed by atoms with Crippen molar-refractivity contribution in [1.29, 1.82) is 0 Å². The average molecular weight is 579 g/mol. The normalized spacial score (nSPS) is 13.5. The number of nitrogens with one attached hydrogen (secondary N) is 1. The average Bonchev–Trinajstić information content (AvgIpc) is 3.58. The van der Waals surface area contributed by atoms with E-state index in [1.54, 1.807) is 4.57 Å². The monoisotopic (exact) mass is 578 g/mol. The van der Waals surface area contributed by atoms with Crippen LogP contribution in [0.15, 0.2) is 80.8 Å². The van der Waals surface area contributed by atoms with Crippen LogP contribution in [0.25, 0.3) is 22.5 Å². The first-order valence-corrected chi connectivity index (χ1v) is 14.6. The van der Waals surface area contributed by atoms with Crippen LogP contribution in [-0.2, 0) is 25.8 Å². The molecule has 0 unspecified atom stereocenters. The van der Waals surface area contributed by atoms with Gasteiger partial charge in [0.2, 0.25) is 5.75 Å². The third kappa shape index (κ3) is 5.62. The molecule has 0 aliphatic carbocycles. The third-order valence-corrected chi connectivity index (χ3v) is 7.56. The summed E-state index contributed by atoms with van der Waals surface area (Å²) in [6.07, 6.45) is 2.75. The van der Waals surface area contributed by atoms with E-state index in [0.29, 0.717) is 47.2 Å². The number of fused-ring (bicyclic) bond motifs is 1. The minimum atomic E-state index is -0.637. The molecule has 0 bridgehead atoms. The summed E-state index contributed by atoms with van der Waals surface area (Å²) in [5.41, 5.74) is 4.41. The predicted molar refractivity (Wildman–Crippen MR) is 164 cm³/mol. The van der Waals surface area contributed by atoms with Crippen LogP contribution < -0.4 is 20.8 Å². The highest BCUT2D eigenvalue weighted by atomic mass is 16.5. The van der Waals surface area contributed by atoms with Gasteiger partial charge in [-0.25, -0.2) is 9.78 Å². The van der Waals surface area contributed by atoms with Crippen LogP contribution in [0.4, 0.5) is 0 Å². The summed E-state index contributed by atoms with van der Waals surface area (Å²) in [4.78, 5) is 33.6. The first-order valence-electron chi connectivity index (χ1n) is 14.6. The van der Waals surface area contributed by atoms with Crippen molar-refractivity contribution in [3.63, 3.8) is 0 Å². The summed E-state index contributed by atoms with van der Waals surface area (Å²) in [6.45, 7) is 8.36. The van der Waals surface area contributed by atoms with Gasteiger partial charge >= 0.3 is 5.76 Å². The van der Waals surface area contributed by atoms with E-state index in [1.165, 1.54) is 0 Å². The Kier molecular flexibility index (Phi) is 7.48. The molecule has 0 atom stereocenters. The summed E-state index contributed by atoms with van der Waals surface area (Å²) in [7, 11) is 0. The fourth-order valence-electron chi connectivity index (χ4n) is 5.61. The van der Waals surface area contributed by atoms with Crippen molar-refractivity contribution in [3.05, 3.63) is 110 Å². The molecule has 1 aliphatic rings. The van der Waals surface area contributed by atoms with Crippen LogP contribution in [0.2, 0.25) is 0 Å². The van der Waals surface area contributed by atoms with Crippen LogP contribution in [0.3, 0.4) is 0 Å². The molecule has 0 saturated heterocycles. The molecule has 43 heavy (non-hydrogen) atoms. The highest BCUT2D eigenvalue weighted by Crippen LogP contribution is 2.43. The molecule has 0 radical (unpaired) electrons. The molecule has 2 aromatic heterocycles. The maximum atomic E-state index is 14.2. The summed E-state index contributed by atoms with van der Waals surface area (Å²) in [6, 6.07) is 21.5. The first kappa shape index (κ1) is 28.2. The number of aromatic nitrogens is 4. The van der Waals surface area contributed by atoms with E-state index in [1.807, 2.05) is 87.5 Å². The Hall–Kier alpha value is -4.92. The zero-order chi connectivity index (χ0) is 30.1. The predicted octanol–water partition coefficient (Wildman–Crippen LogP) is 6.32. The molecule has 5 aromatic rings. The lowest BCUT2D eigenvalue weighted by atomic mass is 9.97. The fourth-order valence-corrected chi connectivity index (χ4v) is 5.61. The molecule has 0 amide bonds. The molecule has 1 N–H and O–H groups in total. The molecule has 0 fully saturated rings. The lowest BCUT2D eigenvalue weighted by Gasteiger charge is -2.20. The molecule has 9 heteroatoms. The Morgan fingerprint density at radius 3 is 2.53 bits per heavy atom. The van der Waals surface area contributed by atoms with Crippen molar-refractivity contribution in [2.24, 2.45) is 0 Å². The van der Waals surface area contributed by atoms with E-state index in [-0.39, 0.29) is 23.5 Å². The summed E-state index contributed by atoms with van der Waals surface area (Å²) in [5, 5.41) is 3.95. The van der Waals surface area contributed by atoms with E-state index < -0.39 is 5.76 Å². The Balaban J connectivity index is 1.44. The Morgan fingerprint density at radius 2 is 1.81 bits per heavy atom. The standard InChI is InChI=1S/C34H34N4O5/c1-5-11-28-35-26(6-2)30(41-27-15-10-14-23-19-34(3,4)42-29(23)27)32(39)38(28)20-21-16-17-24(22-12-8-7-9-13-22)25(18-21)31-36-33(40)43-37-31/h7-10,12-18H,5-6,11,19-20H2,1-4H3,(H,36,37,40). The van der Waals surface area contributed by atoms with Gasteiger partial charge in [-0.1, -0.05) is 73.6 Å². The number of aromatic amines is 1. The minimum absolute atomic E-state index is 0.200. The molecular formula is C34H34N4O5. The zero-order valence-corrected chi connectivity index (χ0v) is 24.8. The van der Waals surface area contributed by atoms with Crippen molar-refractivity contribution < 1.29 is 14.0 Å². The second-order valence-corrected chi connectivity index (χ2v) is 11.4. The van der Waals surface area contributed by atoms with Crippen molar-refractivity contribution in [2.45, 2.75) is 65.5 Å². The number of rotatable bonds is 9. The van der Waals surface area contributed by atoms with Gasteiger partial charge in [-0.05, 0) is 55.5 Å². The van der Waals surface area contributed by atoms with Gasteiger partial charge < -0.3 is 9.47 Å². The van der Waals surface area contributed by atoms with E-state index in [9.17, 15) is 9.59 Å². The minimum Gasteiger partial charge on any atom is -0.483 e. The van der Waals surface area contributed by atoms with Gasteiger partial charge in [-0.3, -0.25) is 18.9 Å². The molecule has 6 rings (SSSR count). The number of para-hydroxylation sites is 1. The van der Waals surface area contributed by atoms with Crippen molar-refractivity contribution in [2.75, 3.05) is 0 Å². The quantitative estimate of drug-likeness (QED) is 0.218. The topological polar surface area (TPSA) is 112 Å². The number of hydrogen-bond acceptors (Lipinski definition) is 7. The van der Waals surface area contributed by atoms with E-state index in [4.69, 9.17) is 19.0 Å². The van der Waals surface area contributed by atoms with Gasteiger partial charge in [0, 0.05) is 24.0 Å². The third-order valence-electron chi connectivity index (χ3n) is 7.56. The van der Waals surface area contributed by atoms with Crippen molar-refractivity contribution >= 4 is 0 Å². The van der Waals surface area contributed by atoms with E-state index in [2.05, 4.69) is 17.1 Å². The fraction of sp³-hybridized carbons (Fsp3) is 0.294. The van der Waals surface area contributed by atoms with Crippen molar-refractivity contribution in [1.82, 2.24) is 19.7 Å². The molecular weight excluding hydrogens is 544 g/mol. The van der Waals surface area contributed by atoms with Gasteiger partial charge in [-0.2, -0.15) is 0 Å². The van der Waals surface area contributed by atoms with Gasteiger partial charge in [0.15, 0.2) is 17.3 Å². The van der Waals surface area contributed by atoms with Crippen LogP contribution in [0.5, 0.6) is 17.2 Å². The summed E-state index contributed by atoms with van der Waals surface area (Å²) >= 11 is 0. The molecule has 9 nitrogen and oxygen atoms in total. The van der Waals surface area contributed by atoms with Gasteiger partial charge in [0.05, 0.1) is 12.2 Å². The Labute approximate surface area is 249 Å². The number of aryl methyl sites for hydroxylation is 2. The molecule has 1 aliphatic heterocycles. The molecule has 3 heterocycles. The zero-order valence-electron chi connectivity index (χ0n) is 24.8. The highest BCUT2D eigenvalue weighted by Gasteiger charge is 2.33. The SMILES string of the molecule is CCCc1nc(CC)c(Oc2cccc3c2OC(C)(C)C3)c(=O)n1Cc1ccc(-c2ccccc2)c(-c2noc(=O)[nH]2)c1. The second kappa shape index (κ2) is 11.4.